The topological polar surface area (TPSA) is 15.3 Å². The van der Waals surface area contributed by atoms with E-state index >= 15 is 0 Å². The van der Waals surface area contributed by atoms with E-state index in [4.69, 9.17) is 0 Å². The van der Waals surface area contributed by atoms with Gasteiger partial charge in [0.25, 0.3) is 0 Å². The van der Waals surface area contributed by atoms with Crippen molar-refractivity contribution in [1.29, 1.82) is 0 Å². The van der Waals surface area contributed by atoms with Gasteiger partial charge >= 0.3 is 0 Å². The molecule has 3 fully saturated rings. The van der Waals surface area contributed by atoms with Gasteiger partial charge in [0.2, 0.25) is 0 Å². The Hall–Kier alpha value is -0.0800. The van der Waals surface area contributed by atoms with Gasteiger partial charge in [-0.25, -0.2) is 0 Å². The van der Waals surface area contributed by atoms with Crippen LogP contribution in [0.15, 0.2) is 0 Å². The zero-order valence-electron chi connectivity index (χ0n) is 13.6. The normalized spacial score (nSPS) is 29.9. The van der Waals surface area contributed by atoms with Crippen LogP contribution in [-0.4, -0.2) is 37.1 Å². The molecule has 0 bridgehead atoms. The molecule has 1 heterocycles. The second kappa shape index (κ2) is 6.79. The highest BCUT2D eigenvalue weighted by molar-refractivity contribution is 4.93. The summed E-state index contributed by atoms with van der Waals surface area (Å²) in [6.45, 7) is 10.0. The van der Waals surface area contributed by atoms with Crippen molar-refractivity contribution in [3.63, 3.8) is 0 Å². The summed E-state index contributed by atoms with van der Waals surface area (Å²) in [4.78, 5) is 2.69. The molecule has 0 aromatic carbocycles. The van der Waals surface area contributed by atoms with Gasteiger partial charge in [0.05, 0.1) is 0 Å². The molecule has 2 unspecified atom stereocenters. The summed E-state index contributed by atoms with van der Waals surface area (Å²) in [5.41, 5.74) is 0. The highest BCUT2D eigenvalue weighted by atomic mass is 15.1. The summed E-state index contributed by atoms with van der Waals surface area (Å²) in [6.07, 6.45) is 10.2. The molecule has 116 valence electrons. The van der Waals surface area contributed by atoms with E-state index in [0.717, 1.165) is 29.7 Å². The fourth-order valence-electron chi connectivity index (χ4n) is 4.27. The maximum Gasteiger partial charge on any atom is 0.00793 e. The van der Waals surface area contributed by atoms with E-state index < -0.39 is 0 Å². The van der Waals surface area contributed by atoms with E-state index in [1.807, 2.05) is 0 Å². The van der Waals surface area contributed by atoms with Gasteiger partial charge in [-0.1, -0.05) is 6.92 Å². The highest BCUT2D eigenvalue weighted by Gasteiger charge is 2.41. The largest absolute Gasteiger partial charge is 0.314 e. The Morgan fingerprint density at radius 3 is 2.35 bits per heavy atom. The van der Waals surface area contributed by atoms with Crippen LogP contribution in [0.3, 0.4) is 0 Å². The number of hydrogen-bond acceptors (Lipinski definition) is 2. The van der Waals surface area contributed by atoms with Crippen molar-refractivity contribution in [2.24, 2.45) is 23.7 Å². The van der Waals surface area contributed by atoms with Crippen molar-refractivity contribution in [1.82, 2.24) is 10.2 Å². The van der Waals surface area contributed by atoms with Crippen LogP contribution in [0.1, 0.15) is 58.8 Å². The Morgan fingerprint density at radius 1 is 1.05 bits per heavy atom. The van der Waals surface area contributed by atoms with Crippen molar-refractivity contribution in [3.8, 4) is 0 Å². The van der Waals surface area contributed by atoms with Crippen LogP contribution in [-0.2, 0) is 0 Å². The Labute approximate surface area is 125 Å². The van der Waals surface area contributed by atoms with Crippen molar-refractivity contribution in [2.45, 2.75) is 64.8 Å². The van der Waals surface area contributed by atoms with Gasteiger partial charge < -0.3 is 10.2 Å². The lowest BCUT2D eigenvalue weighted by Gasteiger charge is -2.36. The monoisotopic (exact) mass is 278 g/mol. The minimum atomic E-state index is 0.717. The first-order chi connectivity index (χ1) is 9.78. The molecule has 1 N–H and O–H groups in total. The quantitative estimate of drug-likeness (QED) is 0.731. The van der Waals surface area contributed by atoms with Gasteiger partial charge in [0.15, 0.2) is 0 Å². The summed E-state index contributed by atoms with van der Waals surface area (Å²) >= 11 is 0. The second-order valence-corrected chi connectivity index (χ2v) is 7.74. The number of rotatable bonds is 8. The number of nitrogens with zero attached hydrogens (tertiary/aromatic N) is 1. The van der Waals surface area contributed by atoms with Crippen molar-refractivity contribution >= 4 is 0 Å². The predicted octanol–water partition coefficient (Wildman–Crippen LogP) is 3.52. The van der Waals surface area contributed by atoms with E-state index in [2.05, 4.69) is 24.1 Å². The molecule has 2 aliphatic carbocycles. The molecule has 2 atom stereocenters. The molecule has 2 heteroatoms. The Bertz CT molecular complexity index is 282. The molecule has 0 spiro atoms. The van der Waals surface area contributed by atoms with Crippen molar-refractivity contribution < 1.29 is 0 Å². The summed E-state index contributed by atoms with van der Waals surface area (Å²) in [5, 5.41) is 3.93. The average Bonchev–Trinajstić information content (AvgIpc) is 3.33. The van der Waals surface area contributed by atoms with E-state index in [9.17, 15) is 0 Å². The van der Waals surface area contributed by atoms with E-state index in [-0.39, 0.29) is 0 Å². The molecule has 2 saturated carbocycles. The summed E-state index contributed by atoms with van der Waals surface area (Å²) in [7, 11) is 0. The molecule has 1 saturated heterocycles. The zero-order valence-corrected chi connectivity index (χ0v) is 13.6. The maximum atomic E-state index is 3.93. The van der Waals surface area contributed by atoms with Crippen molar-refractivity contribution in [2.75, 3.05) is 26.2 Å². The molecular weight excluding hydrogens is 244 g/mol. The third kappa shape index (κ3) is 3.98. The van der Waals surface area contributed by atoms with Crippen LogP contribution in [0.5, 0.6) is 0 Å². The molecule has 1 aliphatic heterocycles. The Kier molecular flexibility index (Phi) is 5.04. The number of likely N-dealkylation sites (tertiary alicyclic amines) is 1. The van der Waals surface area contributed by atoms with Crippen LogP contribution in [0.2, 0.25) is 0 Å². The van der Waals surface area contributed by atoms with E-state index in [1.165, 1.54) is 71.1 Å². The smallest absolute Gasteiger partial charge is 0.00793 e. The molecule has 0 aromatic rings. The Morgan fingerprint density at radius 2 is 1.75 bits per heavy atom. The van der Waals surface area contributed by atoms with Crippen LogP contribution in [0.4, 0.5) is 0 Å². The fraction of sp³-hybridized carbons (Fsp3) is 1.00. The zero-order chi connectivity index (χ0) is 13.9. The lowest BCUT2D eigenvalue weighted by Crippen LogP contribution is -2.46. The number of nitrogens with one attached hydrogen (secondary N) is 1. The molecule has 3 aliphatic rings. The molecule has 2 nitrogen and oxygen atoms in total. The van der Waals surface area contributed by atoms with E-state index in [1.54, 1.807) is 0 Å². The third-order valence-corrected chi connectivity index (χ3v) is 5.92. The first-order valence-electron chi connectivity index (χ1n) is 9.23. The van der Waals surface area contributed by atoms with Gasteiger partial charge in [-0.2, -0.15) is 0 Å². The van der Waals surface area contributed by atoms with Gasteiger partial charge in [-0.15, -0.1) is 0 Å². The van der Waals surface area contributed by atoms with Crippen LogP contribution in [0.25, 0.3) is 0 Å². The first-order valence-corrected chi connectivity index (χ1v) is 9.23. The van der Waals surface area contributed by atoms with Gasteiger partial charge in [-0.3, -0.25) is 0 Å². The van der Waals surface area contributed by atoms with Gasteiger partial charge in [-0.05, 0) is 95.2 Å². The molecule has 0 aromatic heterocycles. The molecular formula is C18H34N2. The van der Waals surface area contributed by atoms with Crippen LogP contribution < -0.4 is 5.32 Å². The minimum absolute atomic E-state index is 0.717. The number of hydrogen-bond donors (Lipinski definition) is 1. The lowest BCUT2D eigenvalue weighted by molar-refractivity contribution is 0.148. The van der Waals surface area contributed by atoms with Crippen LogP contribution >= 0.6 is 0 Å². The first kappa shape index (κ1) is 14.8. The minimum Gasteiger partial charge on any atom is -0.314 e. The standard InChI is InChI=1S/C18H34N2/c1-3-10-20-11-4-5-17(13-20)14(2)19-12-18(15-6-7-15)16-8-9-16/h14-19H,3-13H2,1-2H3. The molecule has 0 amide bonds. The molecule has 20 heavy (non-hydrogen) atoms. The van der Waals surface area contributed by atoms with E-state index in [0.29, 0.717) is 0 Å². The Balaban J connectivity index is 1.42. The van der Waals surface area contributed by atoms with Gasteiger partial charge in [0, 0.05) is 12.6 Å². The summed E-state index contributed by atoms with van der Waals surface area (Å²) in [5.74, 6) is 4.08. The average molecular weight is 278 g/mol. The summed E-state index contributed by atoms with van der Waals surface area (Å²) in [6, 6.07) is 0.717. The lowest BCUT2D eigenvalue weighted by atomic mass is 9.90. The predicted molar refractivity (Wildman–Crippen MR) is 85.9 cm³/mol. The van der Waals surface area contributed by atoms with Crippen molar-refractivity contribution in [3.05, 3.63) is 0 Å². The summed E-state index contributed by atoms with van der Waals surface area (Å²) < 4.78 is 0. The molecule has 0 radical (unpaired) electrons. The van der Waals surface area contributed by atoms with Crippen LogP contribution in [0, 0.1) is 23.7 Å². The fourth-order valence-corrected chi connectivity index (χ4v) is 4.27. The number of piperidine rings is 1. The maximum absolute atomic E-state index is 3.93. The molecule has 3 rings (SSSR count). The highest BCUT2D eigenvalue weighted by Crippen LogP contribution is 2.48. The SMILES string of the molecule is CCCN1CCCC(C(C)NCC(C2CC2)C2CC2)C1. The third-order valence-electron chi connectivity index (χ3n) is 5.92. The second-order valence-electron chi connectivity index (χ2n) is 7.74. The van der Waals surface area contributed by atoms with Gasteiger partial charge in [0.1, 0.15) is 0 Å².